The van der Waals surface area contributed by atoms with Gasteiger partial charge in [-0.25, -0.2) is 4.79 Å². The Morgan fingerprint density at radius 1 is 1.04 bits per heavy atom. The first-order valence-corrected chi connectivity index (χ1v) is 8.64. The van der Waals surface area contributed by atoms with Gasteiger partial charge in [-0.05, 0) is 43.3 Å². The summed E-state index contributed by atoms with van der Waals surface area (Å²) >= 11 is 0. The fourth-order valence-electron chi connectivity index (χ4n) is 2.91. The molecule has 136 valence electrons. The Labute approximate surface area is 154 Å². The second-order valence-electron chi connectivity index (χ2n) is 6.68. The van der Waals surface area contributed by atoms with Crippen LogP contribution in [0, 0.1) is 6.92 Å². The maximum Gasteiger partial charge on any atom is 0.325 e. The average Bonchev–Trinajstić information content (AvgIpc) is 2.97. The van der Waals surface area contributed by atoms with E-state index >= 15 is 0 Å². The molecule has 0 aliphatic carbocycles. The minimum absolute atomic E-state index is 0.0522. The van der Waals surface area contributed by atoms with E-state index in [9.17, 15) is 9.59 Å². The van der Waals surface area contributed by atoms with Crippen molar-refractivity contribution >= 4 is 29.0 Å². The summed E-state index contributed by atoms with van der Waals surface area (Å²) in [6, 6.07) is 15.3. The van der Waals surface area contributed by atoms with Crippen LogP contribution in [0.2, 0.25) is 0 Å². The molecule has 1 N–H and O–H groups in total. The lowest BCUT2D eigenvalue weighted by atomic mass is 10.2. The van der Waals surface area contributed by atoms with Crippen molar-refractivity contribution in [2.75, 3.05) is 48.8 Å². The highest BCUT2D eigenvalue weighted by atomic mass is 16.2. The lowest BCUT2D eigenvalue weighted by molar-refractivity contribution is -0.116. The van der Waals surface area contributed by atoms with Crippen molar-refractivity contribution in [1.82, 2.24) is 4.90 Å². The zero-order valence-electron chi connectivity index (χ0n) is 15.4. The van der Waals surface area contributed by atoms with Crippen molar-refractivity contribution in [3.63, 3.8) is 0 Å². The Morgan fingerprint density at radius 2 is 1.69 bits per heavy atom. The highest BCUT2D eigenvalue weighted by Gasteiger charge is 2.30. The van der Waals surface area contributed by atoms with E-state index in [0.29, 0.717) is 13.1 Å². The topological polar surface area (TPSA) is 55.9 Å². The first-order chi connectivity index (χ1) is 12.4. The molecule has 3 rings (SSSR count). The summed E-state index contributed by atoms with van der Waals surface area (Å²) in [4.78, 5) is 30.1. The van der Waals surface area contributed by atoms with Crippen molar-refractivity contribution in [1.29, 1.82) is 0 Å². The SMILES string of the molecule is Cc1ccc(N2CCN(CC(=O)Nc3ccc(N(C)C)cc3)C2=O)cc1. The monoisotopic (exact) mass is 352 g/mol. The summed E-state index contributed by atoms with van der Waals surface area (Å²) in [5.74, 6) is -0.193. The van der Waals surface area contributed by atoms with Crippen LogP contribution in [-0.2, 0) is 4.79 Å². The van der Waals surface area contributed by atoms with Crippen LogP contribution in [0.25, 0.3) is 0 Å². The number of carbonyl (C=O) groups is 2. The standard InChI is InChI=1S/C20H24N4O2/c1-15-4-8-18(9-5-15)24-13-12-23(20(24)26)14-19(25)21-16-6-10-17(11-7-16)22(2)3/h4-11H,12-14H2,1-3H3,(H,21,25). The summed E-state index contributed by atoms with van der Waals surface area (Å²) in [5.41, 5.74) is 3.80. The number of hydrogen-bond donors (Lipinski definition) is 1. The van der Waals surface area contributed by atoms with E-state index in [1.165, 1.54) is 0 Å². The molecule has 1 saturated heterocycles. The number of carbonyl (C=O) groups excluding carboxylic acids is 2. The van der Waals surface area contributed by atoms with Gasteiger partial charge < -0.3 is 15.1 Å². The van der Waals surface area contributed by atoms with Crippen LogP contribution in [0.15, 0.2) is 48.5 Å². The largest absolute Gasteiger partial charge is 0.378 e. The number of nitrogens with one attached hydrogen (secondary N) is 1. The number of anilines is 3. The fourth-order valence-corrected chi connectivity index (χ4v) is 2.91. The summed E-state index contributed by atoms with van der Waals surface area (Å²) in [5, 5.41) is 2.85. The predicted octanol–water partition coefficient (Wildman–Crippen LogP) is 2.94. The van der Waals surface area contributed by atoms with Gasteiger partial charge in [-0.2, -0.15) is 0 Å². The number of amides is 3. The van der Waals surface area contributed by atoms with Crippen LogP contribution < -0.4 is 15.1 Å². The molecular weight excluding hydrogens is 328 g/mol. The second-order valence-corrected chi connectivity index (χ2v) is 6.68. The molecule has 0 atom stereocenters. The van der Waals surface area contributed by atoms with Gasteiger partial charge in [0.15, 0.2) is 0 Å². The molecule has 0 saturated carbocycles. The molecule has 26 heavy (non-hydrogen) atoms. The van der Waals surface area contributed by atoms with Crippen LogP contribution in [0.3, 0.4) is 0 Å². The molecule has 1 fully saturated rings. The van der Waals surface area contributed by atoms with Gasteiger partial charge in [-0.3, -0.25) is 9.69 Å². The quantitative estimate of drug-likeness (QED) is 0.900. The van der Waals surface area contributed by atoms with Crippen LogP contribution in [0.4, 0.5) is 21.9 Å². The van der Waals surface area contributed by atoms with Crippen LogP contribution in [0.5, 0.6) is 0 Å². The molecule has 0 bridgehead atoms. The van der Waals surface area contributed by atoms with Gasteiger partial charge in [-0.1, -0.05) is 17.7 Å². The van der Waals surface area contributed by atoms with Crippen molar-refractivity contribution in [2.24, 2.45) is 0 Å². The van der Waals surface area contributed by atoms with E-state index < -0.39 is 0 Å². The predicted molar refractivity (Wildman–Crippen MR) is 105 cm³/mol. The van der Waals surface area contributed by atoms with Gasteiger partial charge in [0.05, 0.1) is 0 Å². The molecule has 6 nitrogen and oxygen atoms in total. The third-order valence-corrected chi connectivity index (χ3v) is 4.44. The highest BCUT2D eigenvalue weighted by Crippen LogP contribution is 2.21. The number of urea groups is 1. The second kappa shape index (κ2) is 7.47. The maximum absolute atomic E-state index is 12.6. The Kier molecular flexibility index (Phi) is 5.11. The molecule has 1 aliphatic heterocycles. The first kappa shape index (κ1) is 17.8. The molecule has 0 unspecified atom stereocenters. The third kappa shape index (κ3) is 3.96. The van der Waals surface area contributed by atoms with Gasteiger partial charge in [0, 0.05) is 44.2 Å². The number of rotatable bonds is 5. The highest BCUT2D eigenvalue weighted by molar-refractivity contribution is 5.99. The van der Waals surface area contributed by atoms with E-state index in [2.05, 4.69) is 5.32 Å². The Balaban J connectivity index is 1.58. The van der Waals surface area contributed by atoms with Crippen LogP contribution in [-0.4, -0.2) is 50.6 Å². The summed E-state index contributed by atoms with van der Waals surface area (Å²) < 4.78 is 0. The molecule has 1 heterocycles. The summed E-state index contributed by atoms with van der Waals surface area (Å²) in [6.07, 6.45) is 0. The first-order valence-electron chi connectivity index (χ1n) is 8.64. The van der Waals surface area contributed by atoms with Gasteiger partial charge in [-0.15, -0.1) is 0 Å². The minimum Gasteiger partial charge on any atom is -0.378 e. The van der Waals surface area contributed by atoms with Gasteiger partial charge in [0.1, 0.15) is 6.54 Å². The molecule has 2 aromatic rings. The van der Waals surface area contributed by atoms with E-state index in [-0.39, 0.29) is 18.5 Å². The summed E-state index contributed by atoms with van der Waals surface area (Å²) in [7, 11) is 3.93. The molecular formula is C20H24N4O2. The number of nitrogens with zero attached hydrogens (tertiary/aromatic N) is 3. The molecule has 6 heteroatoms. The van der Waals surface area contributed by atoms with Crippen LogP contribution >= 0.6 is 0 Å². The number of hydrogen-bond acceptors (Lipinski definition) is 3. The Bertz CT molecular complexity index is 784. The molecule has 3 amide bonds. The van der Waals surface area contributed by atoms with Gasteiger partial charge in [0.2, 0.25) is 5.91 Å². The van der Waals surface area contributed by atoms with E-state index in [1.54, 1.807) is 9.80 Å². The minimum atomic E-state index is -0.193. The van der Waals surface area contributed by atoms with Crippen molar-refractivity contribution in [3.8, 4) is 0 Å². The van der Waals surface area contributed by atoms with Gasteiger partial charge >= 0.3 is 6.03 Å². The average molecular weight is 352 g/mol. The van der Waals surface area contributed by atoms with Crippen molar-refractivity contribution in [3.05, 3.63) is 54.1 Å². The molecule has 0 radical (unpaired) electrons. The lowest BCUT2D eigenvalue weighted by Crippen LogP contribution is -2.37. The third-order valence-electron chi connectivity index (χ3n) is 4.44. The number of benzene rings is 2. The van der Waals surface area contributed by atoms with Crippen molar-refractivity contribution < 1.29 is 9.59 Å². The Hall–Kier alpha value is -3.02. The lowest BCUT2D eigenvalue weighted by Gasteiger charge is -2.19. The normalized spacial score (nSPS) is 13.9. The Morgan fingerprint density at radius 3 is 2.31 bits per heavy atom. The molecule has 1 aliphatic rings. The van der Waals surface area contributed by atoms with Crippen LogP contribution in [0.1, 0.15) is 5.56 Å². The zero-order chi connectivity index (χ0) is 18.7. The molecule has 0 spiro atoms. The zero-order valence-corrected chi connectivity index (χ0v) is 15.4. The molecule has 0 aromatic heterocycles. The fraction of sp³-hybridized carbons (Fsp3) is 0.300. The maximum atomic E-state index is 12.6. The van der Waals surface area contributed by atoms with E-state index in [4.69, 9.17) is 0 Å². The van der Waals surface area contributed by atoms with Gasteiger partial charge in [0.25, 0.3) is 0 Å². The van der Waals surface area contributed by atoms with E-state index in [1.807, 2.05) is 74.4 Å². The summed E-state index contributed by atoms with van der Waals surface area (Å²) in [6.45, 7) is 3.19. The smallest absolute Gasteiger partial charge is 0.325 e. The molecule has 2 aromatic carbocycles. The van der Waals surface area contributed by atoms with Crippen molar-refractivity contribution in [2.45, 2.75) is 6.92 Å². The van der Waals surface area contributed by atoms with E-state index in [0.717, 1.165) is 22.6 Å². The number of aryl methyl sites for hydroxylation is 1.